The Hall–Kier alpha value is -2.59. The van der Waals surface area contributed by atoms with Crippen molar-refractivity contribution in [3.05, 3.63) is 69.4 Å². The Labute approximate surface area is 152 Å². The zero-order chi connectivity index (χ0) is 18.3. The van der Waals surface area contributed by atoms with Crippen molar-refractivity contribution in [1.29, 1.82) is 0 Å². The van der Waals surface area contributed by atoms with Crippen LogP contribution in [0.5, 0.6) is 0 Å². The molecule has 0 spiro atoms. The van der Waals surface area contributed by atoms with Crippen LogP contribution in [0.15, 0.2) is 42.1 Å². The summed E-state index contributed by atoms with van der Waals surface area (Å²) < 4.78 is 0. The quantitative estimate of drug-likeness (QED) is 0.845. The van der Waals surface area contributed by atoms with Gasteiger partial charge in [0.25, 0.3) is 11.8 Å². The van der Waals surface area contributed by atoms with Gasteiger partial charge in [-0.15, -0.1) is 0 Å². The minimum atomic E-state index is -0.349. The third kappa shape index (κ3) is 2.94. The molecule has 25 heavy (non-hydrogen) atoms. The number of nitrogens with one attached hydrogen (secondary N) is 1. The number of imide groups is 1. The van der Waals surface area contributed by atoms with Gasteiger partial charge in [-0.2, -0.15) is 0 Å². The van der Waals surface area contributed by atoms with E-state index in [0.717, 1.165) is 27.2 Å². The summed E-state index contributed by atoms with van der Waals surface area (Å²) in [5, 5.41) is 3.73. The molecule has 128 valence electrons. The van der Waals surface area contributed by atoms with Crippen LogP contribution in [0.3, 0.4) is 0 Å². The summed E-state index contributed by atoms with van der Waals surface area (Å²) in [6.45, 7) is 5.86. The largest absolute Gasteiger partial charge is 0.350 e. The predicted molar refractivity (Wildman–Crippen MR) is 100 cm³/mol. The van der Waals surface area contributed by atoms with E-state index in [4.69, 9.17) is 11.6 Å². The van der Waals surface area contributed by atoms with Crippen molar-refractivity contribution in [2.24, 2.45) is 0 Å². The van der Waals surface area contributed by atoms with Gasteiger partial charge < -0.3 is 5.32 Å². The number of nitrogens with zero attached hydrogens (tertiary/aromatic N) is 1. The molecular weight excluding hydrogens is 336 g/mol. The molecule has 5 heteroatoms. The number of amides is 2. The molecular formula is C20H19ClN2O2. The highest BCUT2D eigenvalue weighted by molar-refractivity contribution is 6.36. The first-order valence-electron chi connectivity index (χ1n) is 7.97. The first-order chi connectivity index (χ1) is 11.8. The van der Waals surface area contributed by atoms with E-state index in [1.54, 1.807) is 12.1 Å². The van der Waals surface area contributed by atoms with Gasteiger partial charge in [0.15, 0.2) is 0 Å². The third-order valence-corrected chi connectivity index (χ3v) is 5.02. The SMILES string of the molecule is Cc1ccc(C2=C(Nc3cccc(Cl)c3C)C(=O)N(C)C2=O)cc1C. The Kier molecular flexibility index (Phi) is 4.39. The monoisotopic (exact) mass is 354 g/mol. The molecule has 2 aromatic rings. The summed E-state index contributed by atoms with van der Waals surface area (Å²) in [6, 6.07) is 11.2. The Morgan fingerprint density at radius 1 is 0.960 bits per heavy atom. The van der Waals surface area contributed by atoms with Crippen molar-refractivity contribution in [2.75, 3.05) is 12.4 Å². The summed E-state index contributed by atoms with van der Waals surface area (Å²) in [7, 11) is 1.49. The number of benzene rings is 2. The van der Waals surface area contributed by atoms with Crippen LogP contribution in [0, 0.1) is 20.8 Å². The van der Waals surface area contributed by atoms with E-state index in [9.17, 15) is 9.59 Å². The lowest BCUT2D eigenvalue weighted by Crippen LogP contribution is -2.28. The minimum absolute atomic E-state index is 0.279. The Morgan fingerprint density at radius 2 is 1.68 bits per heavy atom. The van der Waals surface area contributed by atoms with Gasteiger partial charge in [-0.25, -0.2) is 0 Å². The maximum Gasteiger partial charge on any atom is 0.277 e. The molecule has 0 atom stereocenters. The Morgan fingerprint density at radius 3 is 2.36 bits per heavy atom. The van der Waals surface area contributed by atoms with Crippen molar-refractivity contribution < 1.29 is 9.59 Å². The molecule has 0 aliphatic carbocycles. The van der Waals surface area contributed by atoms with Crippen LogP contribution in [0.25, 0.3) is 5.57 Å². The number of anilines is 1. The Bertz CT molecular complexity index is 931. The second kappa shape index (κ2) is 6.37. The van der Waals surface area contributed by atoms with Crippen molar-refractivity contribution >= 4 is 34.7 Å². The molecule has 1 aliphatic heterocycles. The zero-order valence-electron chi connectivity index (χ0n) is 14.6. The summed E-state index contributed by atoms with van der Waals surface area (Å²) in [5.74, 6) is -0.659. The molecule has 4 nitrogen and oxygen atoms in total. The van der Waals surface area contributed by atoms with Crippen LogP contribution < -0.4 is 5.32 Å². The number of aryl methyl sites for hydroxylation is 2. The van der Waals surface area contributed by atoms with E-state index >= 15 is 0 Å². The minimum Gasteiger partial charge on any atom is -0.350 e. The highest BCUT2D eigenvalue weighted by atomic mass is 35.5. The number of likely N-dealkylation sites (N-methyl/N-ethyl adjacent to an activating group) is 1. The normalized spacial score (nSPS) is 14.5. The van der Waals surface area contributed by atoms with Crippen molar-refractivity contribution in [3.8, 4) is 0 Å². The molecule has 0 unspecified atom stereocenters. The third-order valence-electron chi connectivity index (χ3n) is 4.61. The van der Waals surface area contributed by atoms with Gasteiger partial charge in [0.2, 0.25) is 0 Å². The molecule has 0 saturated heterocycles. The topological polar surface area (TPSA) is 49.4 Å². The number of carbonyl (C=O) groups is 2. The fraction of sp³-hybridized carbons (Fsp3) is 0.200. The number of rotatable bonds is 3. The van der Waals surface area contributed by atoms with Gasteiger partial charge in [-0.3, -0.25) is 14.5 Å². The highest BCUT2D eigenvalue weighted by Gasteiger charge is 2.37. The predicted octanol–water partition coefficient (Wildman–Crippen LogP) is 4.09. The number of halogens is 1. The fourth-order valence-electron chi connectivity index (χ4n) is 2.80. The van der Waals surface area contributed by atoms with E-state index in [-0.39, 0.29) is 17.5 Å². The summed E-state index contributed by atoms with van der Waals surface area (Å²) >= 11 is 6.17. The second-order valence-corrected chi connectivity index (χ2v) is 6.66. The molecule has 1 N–H and O–H groups in total. The van der Waals surface area contributed by atoms with Gasteiger partial charge in [-0.1, -0.05) is 35.9 Å². The molecule has 2 aromatic carbocycles. The molecule has 0 saturated carbocycles. The first-order valence-corrected chi connectivity index (χ1v) is 8.35. The van der Waals surface area contributed by atoms with Crippen LogP contribution in [0.1, 0.15) is 22.3 Å². The molecule has 1 heterocycles. The summed E-state index contributed by atoms with van der Waals surface area (Å²) in [5.41, 5.74) is 5.13. The lowest BCUT2D eigenvalue weighted by atomic mass is 9.99. The van der Waals surface area contributed by atoms with Crippen LogP contribution >= 0.6 is 11.6 Å². The lowest BCUT2D eigenvalue weighted by Gasteiger charge is -2.12. The van der Waals surface area contributed by atoms with E-state index in [2.05, 4.69) is 5.32 Å². The smallest absolute Gasteiger partial charge is 0.277 e. The molecule has 3 rings (SSSR count). The Balaban J connectivity index is 2.15. The van der Waals surface area contributed by atoms with Gasteiger partial charge in [0.05, 0.1) is 5.57 Å². The van der Waals surface area contributed by atoms with E-state index in [1.165, 1.54) is 7.05 Å². The van der Waals surface area contributed by atoms with E-state index in [1.807, 2.05) is 45.0 Å². The zero-order valence-corrected chi connectivity index (χ0v) is 15.4. The van der Waals surface area contributed by atoms with Crippen LogP contribution in [0.2, 0.25) is 5.02 Å². The number of hydrogen-bond donors (Lipinski definition) is 1. The molecule has 0 bridgehead atoms. The molecule has 0 fully saturated rings. The average Bonchev–Trinajstić information content (AvgIpc) is 2.79. The van der Waals surface area contributed by atoms with Gasteiger partial charge >= 0.3 is 0 Å². The number of hydrogen-bond acceptors (Lipinski definition) is 3. The average molecular weight is 355 g/mol. The van der Waals surface area contributed by atoms with Crippen molar-refractivity contribution in [1.82, 2.24) is 4.90 Å². The van der Waals surface area contributed by atoms with Gasteiger partial charge in [0, 0.05) is 17.8 Å². The lowest BCUT2D eigenvalue weighted by molar-refractivity contribution is -0.135. The molecule has 0 radical (unpaired) electrons. The molecule has 0 aromatic heterocycles. The second-order valence-electron chi connectivity index (χ2n) is 6.26. The highest BCUT2D eigenvalue weighted by Crippen LogP contribution is 2.32. The van der Waals surface area contributed by atoms with Crippen LogP contribution in [0.4, 0.5) is 5.69 Å². The van der Waals surface area contributed by atoms with Crippen LogP contribution in [-0.4, -0.2) is 23.8 Å². The molecule has 1 aliphatic rings. The standard InChI is InChI=1S/C20H19ClN2O2/c1-11-8-9-14(10-12(11)2)17-18(20(25)23(4)19(17)24)22-16-7-5-6-15(21)13(16)3/h5-10,22H,1-4H3. The summed E-state index contributed by atoms with van der Waals surface area (Å²) in [4.78, 5) is 26.4. The van der Waals surface area contributed by atoms with Crippen LogP contribution in [-0.2, 0) is 9.59 Å². The summed E-state index contributed by atoms with van der Waals surface area (Å²) in [6.07, 6.45) is 0. The van der Waals surface area contributed by atoms with Gasteiger partial charge in [-0.05, 0) is 55.2 Å². The molecule has 2 amide bonds. The number of carbonyl (C=O) groups excluding carboxylic acids is 2. The van der Waals surface area contributed by atoms with E-state index in [0.29, 0.717) is 16.3 Å². The van der Waals surface area contributed by atoms with Gasteiger partial charge in [0.1, 0.15) is 5.70 Å². The van der Waals surface area contributed by atoms with E-state index < -0.39 is 0 Å². The van der Waals surface area contributed by atoms with Crippen molar-refractivity contribution in [3.63, 3.8) is 0 Å². The maximum atomic E-state index is 12.6. The first kappa shape index (κ1) is 17.2. The fourth-order valence-corrected chi connectivity index (χ4v) is 2.97. The van der Waals surface area contributed by atoms with Crippen molar-refractivity contribution in [2.45, 2.75) is 20.8 Å². The maximum absolute atomic E-state index is 12.6.